The standard InChI is InChI=1S/C18H24N2O2S/c1-14-20-16(13-23-14)11-12-19-18(21)6-4-3-5-15-7-9-17(22-2)10-8-15/h7-10,13H,3-6,11-12H2,1-2H3,(H,19,21). The van der Waals surface area contributed by atoms with Gasteiger partial charge in [0, 0.05) is 24.8 Å². The molecule has 0 spiro atoms. The maximum atomic E-state index is 11.8. The monoisotopic (exact) mass is 332 g/mol. The molecule has 1 amide bonds. The first-order chi connectivity index (χ1) is 11.2. The lowest BCUT2D eigenvalue weighted by molar-refractivity contribution is -0.121. The van der Waals surface area contributed by atoms with Gasteiger partial charge in [-0.25, -0.2) is 4.98 Å². The first-order valence-electron chi connectivity index (χ1n) is 7.98. The number of aryl methyl sites for hydroxylation is 2. The van der Waals surface area contributed by atoms with Crippen LogP contribution < -0.4 is 10.1 Å². The number of ether oxygens (including phenoxy) is 1. The summed E-state index contributed by atoms with van der Waals surface area (Å²) in [5.74, 6) is 1.01. The Morgan fingerprint density at radius 1 is 1.22 bits per heavy atom. The van der Waals surface area contributed by atoms with Crippen molar-refractivity contribution in [2.75, 3.05) is 13.7 Å². The summed E-state index contributed by atoms with van der Waals surface area (Å²) in [5, 5.41) is 6.09. The van der Waals surface area contributed by atoms with Crippen molar-refractivity contribution < 1.29 is 9.53 Å². The van der Waals surface area contributed by atoms with E-state index in [1.807, 2.05) is 19.1 Å². The second kappa shape index (κ2) is 9.30. The van der Waals surface area contributed by atoms with E-state index in [1.165, 1.54) is 5.56 Å². The van der Waals surface area contributed by atoms with E-state index in [0.717, 1.165) is 42.1 Å². The van der Waals surface area contributed by atoms with Crippen molar-refractivity contribution in [1.82, 2.24) is 10.3 Å². The number of aromatic nitrogens is 1. The fourth-order valence-electron chi connectivity index (χ4n) is 2.35. The van der Waals surface area contributed by atoms with Gasteiger partial charge in [-0.3, -0.25) is 4.79 Å². The highest BCUT2D eigenvalue weighted by Gasteiger charge is 2.03. The van der Waals surface area contributed by atoms with Crippen molar-refractivity contribution in [2.45, 2.75) is 39.0 Å². The number of nitrogens with one attached hydrogen (secondary N) is 1. The van der Waals surface area contributed by atoms with Crippen LogP contribution in [0.25, 0.3) is 0 Å². The van der Waals surface area contributed by atoms with Gasteiger partial charge in [-0.05, 0) is 43.9 Å². The third-order valence-electron chi connectivity index (χ3n) is 3.65. The summed E-state index contributed by atoms with van der Waals surface area (Å²) in [7, 11) is 1.67. The molecular formula is C18H24N2O2S. The smallest absolute Gasteiger partial charge is 0.220 e. The summed E-state index contributed by atoms with van der Waals surface area (Å²) in [5.41, 5.74) is 2.34. The molecule has 2 rings (SSSR count). The van der Waals surface area contributed by atoms with E-state index in [2.05, 4.69) is 27.8 Å². The van der Waals surface area contributed by atoms with Crippen molar-refractivity contribution in [1.29, 1.82) is 0 Å². The number of methoxy groups -OCH3 is 1. The van der Waals surface area contributed by atoms with Crippen LogP contribution in [0, 0.1) is 6.92 Å². The predicted molar refractivity (Wildman–Crippen MR) is 94.1 cm³/mol. The zero-order valence-corrected chi connectivity index (χ0v) is 14.6. The molecule has 4 nitrogen and oxygen atoms in total. The molecule has 2 aromatic rings. The topological polar surface area (TPSA) is 51.2 Å². The number of carbonyl (C=O) groups is 1. The summed E-state index contributed by atoms with van der Waals surface area (Å²) >= 11 is 1.65. The molecule has 0 atom stereocenters. The Balaban J connectivity index is 1.55. The van der Waals surface area contributed by atoms with Crippen LogP contribution in [-0.4, -0.2) is 24.5 Å². The third-order valence-corrected chi connectivity index (χ3v) is 4.47. The van der Waals surface area contributed by atoms with Gasteiger partial charge in [-0.15, -0.1) is 11.3 Å². The first-order valence-corrected chi connectivity index (χ1v) is 8.86. The quantitative estimate of drug-likeness (QED) is 0.715. The molecule has 0 bridgehead atoms. The Labute approximate surface area is 141 Å². The molecule has 0 unspecified atom stereocenters. The van der Waals surface area contributed by atoms with E-state index in [4.69, 9.17) is 4.74 Å². The van der Waals surface area contributed by atoms with Crippen LogP contribution in [-0.2, 0) is 17.6 Å². The Morgan fingerprint density at radius 2 is 2.00 bits per heavy atom. The fourth-order valence-corrected chi connectivity index (χ4v) is 3.00. The molecule has 5 heteroatoms. The van der Waals surface area contributed by atoms with E-state index in [-0.39, 0.29) is 5.91 Å². The maximum absolute atomic E-state index is 11.8. The van der Waals surface area contributed by atoms with Crippen LogP contribution in [0.15, 0.2) is 29.6 Å². The highest BCUT2D eigenvalue weighted by Crippen LogP contribution is 2.13. The van der Waals surface area contributed by atoms with E-state index < -0.39 is 0 Å². The van der Waals surface area contributed by atoms with Gasteiger partial charge in [0.2, 0.25) is 5.91 Å². The number of amides is 1. The Morgan fingerprint density at radius 3 is 2.65 bits per heavy atom. The van der Waals surface area contributed by atoms with E-state index in [9.17, 15) is 4.79 Å². The number of hydrogen-bond acceptors (Lipinski definition) is 4. The first kappa shape index (κ1) is 17.5. The number of thiazole rings is 1. The van der Waals surface area contributed by atoms with Crippen molar-refractivity contribution in [3.8, 4) is 5.75 Å². The molecule has 124 valence electrons. The lowest BCUT2D eigenvalue weighted by atomic mass is 10.1. The van der Waals surface area contributed by atoms with Crippen LogP contribution in [0.4, 0.5) is 0 Å². The SMILES string of the molecule is COc1ccc(CCCCC(=O)NCCc2csc(C)n2)cc1. The van der Waals surface area contributed by atoms with Gasteiger partial charge in [-0.2, -0.15) is 0 Å². The van der Waals surface area contributed by atoms with Crippen molar-refractivity contribution >= 4 is 17.2 Å². The fraction of sp³-hybridized carbons (Fsp3) is 0.444. The van der Waals surface area contributed by atoms with Crippen LogP contribution in [0.5, 0.6) is 5.75 Å². The van der Waals surface area contributed by atoms with Crippen LogP contribution in [0.1, 0.15) is 35.5 Å². The average Bonchev–Trinajstić information content (AvgIpc) is 2.97. The zero-order chi connectivity index (χ0) is 16.5. The lowest BCUT2D eigenvalue weighted by Gasteiger charge is -2.05. The number of carbonyl (C=O) groups excluding carboxylic acids is 1. The van der Waals surface area contributed by atoms with Crippen LogP contribution in [0.3, 0.4) is 0 Å². The minimum Gasteiger partial charge on any atom is -0.497 e. The van der Waals surface area contributed by atoms with Crippen LogP contribution >= 0.6 is 11.3 Å². The van der Waals surface area contributed by atoms with E-state index in [1.54, 1.807) is 18.4 Å². The van der Waals surface area contributed by atoms with Gasteiger partial charge in [-0.1, -0.05) is 12.1 Å². The molecule has 0 fully saturated rings. The van der Waals surface area contributed by atoms with E-state index >= 15 is 0 Å². The molecule has 23 heavy (non-hydrogen) atoms. The summed E-state index contributed by atoms with van der Waals surface area (Å²) < 4.78 is 5.14. The highest BCUT2D eigenvalue weighted by molar-refractivity contribution is 7.09. The molecule has 0 saturated carbocycles. The predicted octanol–water partition coefficient (Wildman–Crippen LogP) is 3.53. The van der Waals surface area contributed by atoms with Crippen molar-refractivity contribution in [2.24, 2.45) is 0 Å². The number of hydrogen-bond donors (Lipinski definition) is 1. The van der Waals surface area contributed by atoms with Crippen molar-refractivity contribution in [3.63, 3.8) is 0 Å². The molecule has 0 radical (unpaired) electrons. The minimum absolute atomic E-state index is 0.131. The van der Waals surface area contributed by atoms with Gasteiger partial charge < -0.3 is 10.1 Å². The summed E-state index contributed by atoms with van der Waals surface area (Å²) in [6, 6.07) is 8.11. The second-order valence-electron chi connectivity index (χ2n) is 5.51. The molecule has 1 heterocycles. The maximum Gasteiger partial charge on any atom is 0.220 e. The molecular weight excluding hydrogens is 308 g/mol. The molecule has 1 N–H and O–H groups in total. The van der Waals surface area contributed by atoms with Gasteiger partial charge in [0.1, 0.15) is 5.75 Å². The summed E-state index contributed by atoms with van der Waals surface area (Å²) in [4.78, 5) is 16.2. The van der Waals surface area contributed by atoms with Gasteiger partial charge in [0.25, 0.3) is 0 Å². The Kier molecular flexibility index (Phi) is 7.07. The number of benzene rings is 1. The second-order valence-corrected chi connectivity index (χ2v) is 6.58. The molecule has 1 aromatic heterocycles. The molecule has 1 aromatic carbocycles. The number of nitrogens with zero attached hydrogens (tertiary/aromatic N) is 1. The molecule has 0 aliphatic carbocycles. The lowest BCUT2D eigenvalue weighted by Crippen LogP contribution is -2.25. The van der Waals surface area contributed by atoms with Crippen LogP contribution in [0.2, 0.25) is 0 Å². The zero-order valence-electron chi connectivity index (χ0n) is 13.8. The Bertz CT molecular complexity index is 608. The van der Waals surface area contributed by atoms with E-state index in [0.29, 0.717) is 13.0 Å². The molecule has 0 saturated heterocycles. The normalized spacial score (nSPS) is 10.5. The third kappa shape index (κ3) is 6.40. The number of unbranched alkanes of at least 4 members (excludes halogenated alkanes) is 1. The minimum atomic E-state index is 0.131. The Hall–Kier alpha value is -1.88. The number of rotatable bonds is 9. The van der Waals surface area contributed by atoms with Crippen molar-refractivity contribution in [3.05, 3.63) is 45.9 Å². The average molecular weight is 332 g/mol. The molecule has 0 aliphatic heterocycles. The highest BCUT2D eigenvalue weighted by atomic mass is 32.1. The van der Waals surface area contributed by atoms with Gasteiger partial charge in [0.05, 0.1) is 17.8 Å². The van der Waals surface area contributed by atoms with Gasteiger partial charge in [0.15, 0.2) is 0 Å². The van der Waals surface area contributed by atoms with Gasteiger partial charge >= 0.3 is 0 Å². The summed E-state index contributed by atoms with van der Waals surface area (Å²) in [6.07, 6.45) is 4.32. The molecule has 0 aliphatic rings. The summed E-state index contributed by atoms with van der Waals surface area (Å²) in [6.45, 7) is 2.66. The largest absolute Gasteiger partial charge is 0.497 e.